The van der Waals surface area contributed by atoms with Crippen molar-refractivity contribution >= 4 is 5.91 Å². The molecule has 0 bridgehead atoms. The number of hydrogen-bond acceptors (Lipinski definition) is 2. The Morgan fingerprint density at radius 3 is 3.18 bits per heavy atom. The van der Waals surface area contributed by atoms with Crippen molar-refractivity contribution in [2.75, 3.05) is 13.1 Å². The molecule has 1 aromatic rings. The summed E-state index contributed by atoms with van der Waals surface area (Å²) in [6.45, 7) is 4.96. The molecule has 1 amide bonds. The van der Waals surface area contributed by atoms with Crippen LogP contribution in [0.2, 0.25) is 0 Å². The fourth-order valence-electron chi connectivity index (χ4n) is 3.20. The molecule has 4 heteroatoms. The van der Waals surface area contributed by atoms with E-state index in [0.29, 0.717) is 12.3 Å². The molecule has 0 saturated carbocycles. The highest BCUT2D eigenvalue weighted by molar-refractivity contribution is 5.76. The highest BCUT2D eigenvalue weighted by atomic mass is 16.2. The largest absolute Gasteiger partial charge is 0.342 e. The van der Waals surface area contributed by atoms with Gasteiger partial charge in [0.2, 0.25) is 5.91 Å². The van der Waals surface area contributed by atoms with Crippen molar-refractivity contribution in [2.45, 2.75) is 39.2 Å². The van der Waals surface area contributed by atoms with Crippen LogP contribution in [0, 0.1) is 5.41 Å². The van der Waals surface area contributed by atoms with E-state index in [0.717, 1.165) is 38.9 Å². The van der Waals surface area contributed by atoms with Crippen molar-refractivity contribution in [2.24, 2.45) is 5.41 Å². The van der Waals surface area contributed by atoms with E-state index in [4.69, 9.17) is 0 Å². The fourth-order valence-corrected chi connectivity index (χ4v) is 3.20. The van der Waals surface area contributed by atoms with Crippen LogP contribution in [0.25, 0.3) is 0 Å². The smallest absolute Gasteiger partial charge is 0.222 e. The van der Waals surface area contributed by atoms with Gasteiger partial charge in [0.05, 0.1) is 0 Å². The Morgan fingerprint density at radius 2 is 2.41 bits per heavy atom. The quantitative estimate of drug-likeness (QED) is 0.775. The van der Waals surface area contributed by atoms with E-state index < -0.39 is 0 Å². The number of rotatable bonds is 2. The highest BCUT2D eigenvalue weighted by Crippen LogP contribution is 2.40. The Morgan fingerprint density at radius 1 is 1.53 bits per heavy atom. The van der Waals surface area contributed by atoms with Gasteiger partial charge in [0.15, 0.2) is 0 Å². The molecule has 1 aromatic heterocycles. The number of nitrogens with zero attached hydrogens (tertiary/aromatic N) is 3. The maximum Gasteiger partial charge on any atom is 0.222 e. The van der Waals surface area contributed by atoms with Gasteiger partial charge in [-0.2, -0.15) is 0 Å². The summed E-state index contributed by atoms with van der Waals surface area (Å²) in [5.74, 6) is 1.52. The predicted molar refractivity (Wildman–Crippen MR) is 64.5 cm³/mol. The van der Waals surface area contributed by atoms with Crippen molar-refractivity contribution in [1.29, 1.82) is 0 Å². The average Bonchev–Trinajstić information content (AvgIpc) is 2.94. The number of amides is 1. The Bertz CT molecular complexity index is 417. The van der Waals surface area contributed by atoms with Gasteiger partial charge in [-0.25, -0.2) is 4.98 Å². The van der Waals surface area contributed by atoms with Crippen molar-refractivity contribution in [3.8, 4) is 0 Å². The van der Waals surface area contributed by atoms with Crippen LogP contribution in [0.4, 0.5) is 0 Å². The summed E-state index contributed by atoms with van der Waals surface area (Å²) in [6.07, 6.45) is 7.74. The van der Waals surface area contributed by atoms with Gasteiger partial charge in [0.25, 0.3) is 0 Å². The van der Waals surface area contributed by atoms with Gasteiger partial charge in [-0.05, 0) is 12.8 Å². The molecule has 3 heterocycles. The number of aromatic nitrogens is 2. The third-order valence-electron chi connectivity index (χ3n) is 4.10. The zero-order valence-electron chi connectivity index (χ0n) is 10.4. The van der Waals surface area contributed by atoms with Crippen LogP contribution in [0.5, 0.6) is 0 Å². The first kappa shape index (κ1) is 10.8. The number of hydrogen-bond donors (Lipinski definition) is 0. The van der Waals surface area contributed by atoms with Gasteiger partial charge in [0, 0.05) is 50.3 Å². The Hall–Kier alpha value is -1.32. The van der Waals surface area contributed by atoms with E-state index in [-0.39, 0.29) is 5.41 Å². The molecule has 0 aromatic carbocycles. The fraction of sp³-hybridized carbons (Fsp3) is 0.692. The molecule has 1 atom stereocenters. The molecule has 17 heavy (non-hydrogen) atoms. The van der Waals surface area contributed by atoms with Crippen LogP contribution in [0.15, 0.2) is 12.4 Å². The number of carbonyl (C=O) groups is 1. The van der Waals surface area contributed by atoms with E-state index in [1.165, 1.54) is 5.82 Å². The van der Waals surface area contributed by atoms with Crippen LogP contribution in [0.3, 0.4) is 0 Å². The van der Waals surface area contributed by atoms with Gasteiger partial charge in [-0.3, -0.25) is 4.79 Å². The summed E-state index contributed by atoms with van der Waals surface area (Å²) in [7, 11) is 0. The lowest BCUT2D eigenvalue weighted by atomic mass is 9.86. The molecule has 1 spiro atoms. The third kappa shape index (κ3) is 1.75. The zero-order chi connectivity index (χ0) is 11.9. The van der Waals surface area contributed by atoms with Crippen LogP contribution in [0.1, 0.15) is 32.0 Å². The number of likely N-dealkylation sites (tertiary alicyclic amines) is 1. The lowest BCUT2D eigenvalue weighted by Gasteiger charge is -2.23. The van der Waals surface area contributed by atoms with Gasteiger partial charge >= 0.3 is 0 Å². The second kappa shape index (κ2) is 3.86. The molecule has 2 aliphatic heterocycles. The van der Waals surface area contributed by atoms with Gasteiger partial charge < -0.3 is 9.47 Å². The van der Waals surface area contributed by atoms with Gasteiger partial charge in [-0.15, -0.1) is 0 Å². The first-order valence-corrected chi connectivity index (χ1v) is 6.50. The number of carbonyl (C=O) groups excluding carboxylic acids is 1. The van der Waals surface area contributed by atoms with E-state index in [1.807, 2.05) is 6.20 Å². The maximum atomic E-state index is 11.9. The Kier molecular flexibility index (Phi) is 2.45. The molecule has 4 nitrogen and oxygen atoms in total. The lowest BCUT2D eigenvalue weighted by Crippen LogP contribution is -2.32. The van der Waals surface area contributed by atoms with Crippen molar-refractivity contribution in [3.05, 3.63) is 18.2 Å². The standard InChI is InChI=1S/C13H19N3O/c1-2-3-12(17)16-6-4-13(10-16)8-11-14-5-7-15(11)9-13/h5,7H,2-4,6,8-10H2,1H3/t13-/m1/s1. The summed E-state index contributed by atoms with van der Waals surface area (Å²) >= 11 is 0. The second-order valence-electron chi connectivity index (χ2n) is 5.46. The first-order chi connectivity index (χ1) is 8.22. The molecule has 92 valence electrons. The minimum atomic E-state index is 0.285. The second-order valence-corrected chi connectivity index (χ2v) is 5.46. The molecule has 3 rings (SSSR count). The minimum absolute atomic E-state index is 0.285. The van der Waals surface area contributed by atoms with Crippen LogP contribution in [-0.2, 0) is 17.8 Å². The highest BCUT2D eigenvalue weighted by Gasteiger charge is 2.44. The first-order valence-electron chi connectivity index (χ1n) is 6.50. The molecule has 0 aliphatic carbocycles. The SMILES string of the molecule is CCCC(=O)N1CC[C@]2(Cc3nccn3C2)C1. The molecular weight excluding hydrogens is 214 g/mol. The van der Waals surface area contributed by atoms with Crippen molar-refractivity contribution in [1.82, 2.24) is 14.5 Å². The van der Waals surface area contributed by atoms with Gasteiger partial charge in [-0.1, -0.05) is 6.92 Å². The van der Waals surface area contributed by atoms with E-state index in [1.54, 1.807) is 0 Å². The maximum absolute atomic E-state index is 11.9. The summed E-state index contributed by atoms with van der Waals surface area (Å²) in [4.78, 5) is 18.3. The molecule has 1 saturated heterocycles. The summed E-state index contributed by atoms with van der Waals surface area (Å²) in [6, 6.07) is 0. The average molecular weight is 233 g/mol. The van der Waals surface area contributed by atoms with E-state index >= 15 is 0 Å². The van der Waals surface area contributed by atoms with Crippen LogP contribution < -0.4 is 0 Å². The monoisotopic (exact) mass is 233 g/mol. The van der Waals surface area contributed by atoms with Gasteiger partial charge in [0.1, 0.15) is 5.82 Å². The summed E-state index contributed by atoms with van der Waals surface area (Å²) in [5, 5.41) is 0. The number of imidazole rings is 1. The third-order valence-corrected chi connectivity index (χ3v) is 4.10. The summed E-state index contributed by atoms with van der Waals surface area (Å²) < 4.78 is 2.24. The normalized spacial score (nSPS) is 26.8. The predicted octanol–water partition coefficient (Wildman–Crippen LogP) is 1.46. The molecule has 2 aliphatic rings. The van der Waals surface area contributed by atoms with Crippen molar-refractivity contribution in [3.63, 3.8) is 0 Å². The lowest BCUT2D eigenvalue weighted by molar-refractivity contribution is -0.130. The van der Waals surface area contributed by atoms with E-state index in [9.17, 15) is 4.79 Å². The van der Waals surface area contributed by atoms with E-state index in [2.05, 4.69) is 27.6 Å². The zero-order valence-corrected chi connectivity index (χ0v) is 10.4. The summed E-state index contributed by atoms with van der Waals surface area (Å²) in [5.41, 5.74) is 0.285. The minimum Gasteiger partial charge on any atom is -0.342 e. The van der Waals surface area contributed by atoms with Crippen molar-refractivity contribution < 1.29 is 4.79 Å². The molecule has 1 fully saturated rings. The molecule has 0 radical (unpaired) electrons. The molecule has 0 unspecified atom stereocenters. The molecule has 0 N–H and O–H groups in total. The van der Waals surface area contributed by atoms with Crippen LogP contribution >= 0.6 is 0 Å². The topological polar surface area (TPSA) is 38.1 Å². The Labute approximate surface area is 102 Å². The molecular formula is C13H19N3O. The Balaban J connectivity index is 1.69. The van der Waals surface area contributed by atoms with Crippen LogP contribution in [-0.4, -0.2) is 33.4 Å². The number of fused-ring (bicyclic) bond motifs is 1.